The SMILES string of the molecule is Cc1cccc2c3c4n(c12)C[C@@H]1CO[C@@]4(CCC3)O1. The average Bonchev–Trinajstić information content (AvgIpc) is 2.90. The average molecular weight is 255 g/mol. The highest BCUT2D eigenvalue weighted by Gasteiger charge is 2.52. The van der Waals surface area contributed by atoms with Gasteiger partial charge in [0.05, 0.1) is 24.4 Å². The lowest BCUT2D eigenvalue weighted by Gasteiger charge is -2.37. The van der Waals surface area contributed by atoms with Crippen LogP contribution in [0.3, 0.4) is 0 Å². The minimum absolute atomic E-state index is 0.230. The Kier molecular flexibility index (Phi) is 1.77. The van der Waals surface area contributed by atoms with Crippen LogP contribution in [0, 0.1) is 6.92 Å². The molecular formula is C16H17NO2. The van der Waals surface area contributed by atoms with Gasteiger partial charge < -0.3 is 14.0 Å². The normalized spacial score (nSPS) is 31.7. The molecule has 1 aliphatic carbocycles. The third kappa shape index (κ3) is 1.12. The summed E-state index contributed by atoms with van der Waals surface area (Å²) in [7, 11) is 0. The molecule has 2 aliphatic heterocycles. The number of hydrogen-bond donors (Lipinski definition) is 0. The quantitative estimate of drug-likeness (QED) is 0.722. The Balaban J connectivity index is 1.96. The first-order valence-electron chi connectivity index (χ1n) is 7.21. The molecule has 1 spiro atoms. The van der Waals surface area contributed by atoms with Gasteiger partial charge in [0.1, 0.15) is 6.10 Å². The molecule has 0 N–H and O–H groups in total. The molecule has 5 rings (SSSR count). The molecule has 3 nitrogen and oxygen atoms in total. The van der Waals surface area contributed by atoms with Crippen LogP contribution in [-0.4, -0.2) is 17.3 Å². The van der Waals surface area contributed by atoms with Crippen LogP contribution in [0.15, 0.2) is 18.2 Å². The summed E-state index contributed by atoms with van der Waals surface area (Å²) in [5.74, 6) is -0.429. The van der Waals surface area contributed by atoms with E-state index in [2.05, 4.69) is 29.7 Å². The van der Waals surface area contributed by atoms with Crippen LogP contribution < -0.4 is 0 Å². The van der Waals surface area contributed by atoms with Gasteiger partial charge in [-0.1, -0.05) is 18.2 Å². The molecule has 2 aromatic rings. The van der Waals surface area contributed by atoms with Gasteiger partial charge in [-0.2, -0.15) is 0 Å². The van der Waals surface area contributed by atoms with Gasteiger partial charge in [-0.3, -0.25) is 0 Å². The fourth-order valence-corrected chi connectivity index (χ4v) is 4.26. The van der Waals surface area contributed by atoms with Crippen LogP contribution in [-0.2, 0) is 28.2 Å². The molecule has 1 fully saturated rings. The summed E-state index contributed by atoms with van der Waals surface area (Å²) in [4.78, 5) is 0. The van der Waals surface area contributed by atoms with E-state index in [9.17, 15) is 0 Å². The highest BCUT2D eigenvalue weighted by Crippen LogP contribution is 2.50. The molecule has 1 aromatic heterocycles. The zero-order valence-corrected chi connectivity index (χ0v) is 11.1. The van der Waals surface area contributed by atoms with Crippen molar-refractivity contribution < 1.29 is 9.47 Å². The zero-order chi connectivity index (χ0) is 12.6. The second-order valence-corrected chi connectivity index (χ2v) is 6.07. The van der Waals surface area contributed by atoms with Crippen LogP contribution in [0.25, 0.3) is 10.9 Å². The number of rotatable bonds is 0. The fourth-order valence-electron chi connectivity index (χ4n) is 4.26. The van der Waals surface area contributed by atoms with Crippen molar-refractivity contribution in [3.63, 3.8) is 0 Å². The number of hydrogen-bond acceptors (Lipinski definition) is 2. The van der Waals surface area contributed by atoms with Crippen molar-refractivity contribution in [2.45, 2.75) is 44.6 Å². The van der Waals surface area contributed by atoms with Crippen molar-refractivity contribution in [2.24, 2.45) is 0 Å². The molecule has 1 aromatic carbocycles. The number of para-hydroxylation sites is 1. The van der Waals surface area contributed by atoms with E-state index in [0.717, 1.165) is 32.4 Å². The summed E-state index contributed by atoms with van der Waals surface area (Å²) in [6, 6.07) is 6.64. The summed E-state index contributed by atoms with van der Waals surface area (Å²) in [5.41, 5.74) is 5.54. The lowest BCUT2D eigenvalue weighted by atomic mass is 9.90. The molecular weight excluding hydrogens is 238 g/mol. The molecule has 0 radical (unpaired) electrons. The van der Waals surface area contributed by atoms with E-state index in [-0.39, 0.29) is 6.10 Å². The Morgan fingerprint density at radius 1 is 1.37 bits per heavy atom. The molecule has 3 aliphatic rings. The summed E-state index contributed by atoms with van der Waals surface area (Å²) in [6.07, 6.45) is 3.55. The third-order valence-electron chi connectivity index (χ3n) is 4.93. The van der Waals surface area contributed by atoms with Crippen molar-refractivity contribution in [3.8, 4) is 0 Å². The van der Waals surface area contributed by atoms with E-state index in [1.807, 2.05) is 0 Å². The molecule has 0 unspecified atom stereocenters. The van der Waals surface area contributed by atoms with E-state index in [0.29, 0.717) is 0 Å². The summed E-state index contributed by atoms with van der Waals surface area (Å²) < 4.78 is 14.8. The second-order valence-electron chi connectivity index (χ2n) is 6.07. The number of aryl methyl sites for hydroxylation is 2. The van der Waals surface area contributed by atoms with Crippen molar-refractivity contribution >= 4 is 10.9 Å². The van der Waals surface area contributed by atoms with Crippen LogP contribution in [0.1, 0.15) is 29.7 Å². The Labute approximate surface area is 112 Å². The fraction of sp³-hybridized carbons (Fsp3) is 0.500. The molecule has 3 heterocycles. The highest BCUT2D eigenvalue weighted by molar-refractivity contribution is 5.89. The number of ether oxygens (including phenoxy) is 2. The van der Waals surface area contributed by atoms with Gasteiger partial charge >= 0.3 is 0 Å². The standard InChI is InChI=1S/C16H17NO2/c1-10-4-2-5-12-13-6-3-7-16-15(13)17(14(10)12)8-11(19-16)9-18-16/h2,4-5,11H,3,6-9H2,1H3/t11-,16+/m1/s1. The molecule has 0 amide bonds. The van der Waals surface area contributed by atoms with E-state index >= 15 is 0 Å². The highest BCUT2D eigenvalue weighted by atomic mass is 16.7. The second kappa shape index (κ2) is 3.22. The van der Waals surface area contributed by atoms with Gasteiger partial charge in [-0.05, 0) is 30.9 Å². The first kappa shape index (κ1) is 10.5. The summed E-state index contributed by atoms with van der Waals surface area (Å²) in [5, 5.41) is 1.41. The summed E-state index contributed by atoms with van der Waals surface area (Å²) >= 11 is 0. The first-order valence-corrected chi connectivity index (χ1v) is 7.21. The molecule has 3 heteroatoms. The predicted octanol–water partition coefficient (Wildman–Crippen LogP) is 2.87. The minimum Gasteiger partial charge on any atom is -0.342 e. The maximum atomic E-state index is 6.22. The van der Waals surface area contributed by atoms with Crippen LogP contribution in [0.4, 0.5) is 0 Å². The predicted molar refractivity (Wildman–Crippen MR) is 72.1 cm³/mol. The Morgan fingerprint density at radius 3 is 3.26 bits per heavy atom. The lowest BCUT2D eigenvalue weighted by molar-refractivity contribution is -0.201. The van der Waals surface area contributed by atoms with Gasteiger partial charge in [-0.15, -0.1) is 0 Å². The van der Waals surface area contributed by atoms with Crippen LogP contribution in [0.5, 0.6) is 0 Å². The minimum atomic E-state index is -0.429. The van der Waals surface area contributed by atoms with Crippen molar-refractivity contribution in [2.75, 3.05) is 6.61 Å². The van der Waals surface area contributed by atoms with E-state index in [4.69, 9.17) is 9.47 Å². The van der Waals surface area contributed by atoms with E-state index < -0.39 is 5.79 Å². The molecule has 19 heavy (non-hydrogen) atoms. The van der Waals surface area contributed by atoms with Crippen molar-refractivity contribution in [1.29, 1.82) is 0 Å². The third-order valence-corrected chi connectivity index (χ3v) is 4.93. The van der Waals surface area contributed by atoms with Gasteiger partial charge in [0.25, 0.3) is 0 Å². The molecule has 1 saturated heterocycles. The number of aromatic nitrogens is 1. The Hall–Kier alpha value is -1.32. The molecule has 2 atom stereocenters. The monoisotopic (exact) mass is 255 g/mol. The van der Waals surface area contributed by atoms with E-state index in [1.165, 1.54) is 27.7 Å². The van der Waals surface area contributed by atoms with Crippen molar-refractivity contribution in [1.82, 2.24) is 4.57 Å². The maximum Gasteiger partial charge on any atom is 0.211 e. The first-order chi connectivity index (χ1) is 9.28. The summed E-state index contributed by atoms with van der Waals surface area (Å²) in [6.45, 7) is 3.90. The van der Waals surface area contributed by atoms with Gasteiger partial charge in [0.2, 0.25) is 5.79 Å². The molecule has 0 saturated carbocycles. The maximum absolute atomic E-state index is 6.22. The molecule has 98 valence electrons. The van der Waals surface area contributed by atoms with Gasteiger partial charge in [0, 0.05) is 11.8 Å². The molecule has 2 bridgehead atoms. The Morgan fingerprint density at radius 2 is 2.32 bits per heavy atom. The van der Waals surface area contributed by atoms with Gasteiger partial charge in [0.15, 0.2) is 0 Å². The Bertz CT molecular complexity index is 698. The van der Waals surface area contributed by atoms with Crippen molar-refractivity contribution in [3.05, 3.63) is 35.0 Å². The zero-order valence-electron chi connectivity index (χ0n) is 11.1. The van der Waals surface area contributed by atoms with Gasteiger partial charge in [-0.25, -0.2) is 0 Å². The van der Waals surface area contributed by atoms with E-state index in [1.54, 1.807) is 0 Å². The van der Waals surface area contributed by atoms with Crippen LogP contribution >= 0.6 is 0 Å². The topological polar surface area (TPSA) is 23.4 Å². The smallest absolute Gasteiger partial charge is 0.211 e. The van der Waals surface area contributed by atoms with Crippen LogP contribution in [0.2, 0.25) is 0 Å². The number of fused-ring (bicyclic) bond motifs is 4. The largest absolute Gasteiger partial charge is 0.342 e. The number of nitrogens with zero attached hydrogens (tertiary/aromatic N) is 1. The number of benzene rings is 1. The lowest BCUT2D eigenvalue weighted by Crippen LogP contribution is -2.39.